The van der Waals surface area contributed by atoms with Crippen molar-refractivity contribution in [2.45, 2.75) is 83.7 Å². The summed E-state index contributed by atoms with van der Waals surface area (Å²) in [5.41, 5.74) is 4.43. The van der Waals surface area contributed by atoms with Gasteiger partial charge >= 0.3 is 5.97 Å². The minimum atomic E-state index is -0.482. The summed E-state index contributed by atoms with van der Waals surface area (Å²) in [5, 5.41) is 6.63. The monoisotopic (exact) mass is 476 g/mol. The fourth-order valence-electron chi connectivity index (χ4n) is 5.68. The molecule has 0 aromatic heterocycles. The fraction of sp³-hybridized carbons (Fsp3) is 0.533. The summed E-state index contributed by atoms with van der Waals surface area (Å²) < 4.78 is 5.45. The number of hydrogen-bond acceptors (Lipinski definition) is 4. The van der Waals surface area contributed by atoms with Gasteiger partial charge in [-0.25, -0.2) is 0 Å². The lowest BCUT2D eigenvalue weighted by molar-refractivity contribution is -0.146. The number of hydrogen-bond donors (Lipinski definition) is 2. The molecule has 3 atom stereocenters. The lowest BCUT2D eigenvalue weighted by Crippen LogP contribution is -2.53. The van der Waals surface area contributed by atoms with Crippen molar-refractivity contribution in [1.29, 1.82) is 0 Å². The van der Waals surface area contributed by atoms with Gasteiger partial charge in [0, 0.05) is 5.69 Å². The summed E-state index contributed by atoms with van der Waals surface area (Å²) in [7, 11) is 0. The third kappa shape index (κ3) is 6.94. The first-order valence-electron chi connectivity index (χ1n) is 13.4. The number of anilines is 1. The van der Waals surface area contributed by atoms with E-state index in [9.17, 15) is 9.59 Å². The van der Waals surface area contributed by atoms with Gasteiger partial charge in [0.1, 0.15) is 6.04 Å². The molecular weight excluding hydrogens is 436 g/mol. The van der Waals surface area contributed by atoms with Crippen LogP contribution in [-0.2, 0) is 27.2 Å². The van der Waals surface area contributed by atoms with Crippen LogP contribution in [0.25, 0.3) is 0 Å². The smallest absolute Gasteiger partial charge is 0.323 e. The third-order valence-corrected chi connectivity index (χ3v) is 7.67. The molecule has 2 aromatic carbocycles. The standard InChI is InChI=1S/C30H40N2O3/c1-3-35-30(34)27(18-17-22-9-5-4-6-10-22)31-28-25(19-23-15-13-21(2)14-16-23)20-24-11-7-8-12-26(24)32-29(28)33/h7-8,11-16,22,25,27-28,31H,3-6,9-10,17-20H2,1-2H3,(H,32,33)/t25?,27-,28+/m0/s1. The van der Waals surface area contributed by atoms with Crippen LogP contribution in [0.4, 0.5) is 5.69 Å². The minimum absolute atomic E-state index is 0.0213. The number of esters is 1. The number of rotatable bonds is 9. The van der Waals surface area contributed by atoms with Gasteiger partial charge in [-0.05, 0) is 68.6 Å². The highest BCUT2D eigenvalue weighted by Crippen LogP contribution is 2.30. The van der Waals surface area contributed by atoms with Crippen LogP contribution in [0.3, 0.4) is 0 Å². The third-order valence-electron chi connectivity index (χ3n) is 7.67. The van der Waals surface area contributed by atoms with Crippen molar-refractivity contribution in [3.63, 3.8) is 0 Å². The van der Waals surface area contributed by atoms with Gasteiger partial charge in [0.2, 0.25) is 5.91 Å². The first-order valence-corrected chi connectivity index (χ1v) is 13.4. The predicted octanol–water partition coefficient (Wildman–Crippen LogP) is 5.60. The second kappa shape index (κ2) is 12.3. The molecule has 2 N–H and O–H groups in total. The van der Waals surface area contributed by atoms with E-state index in [2.05, 4.69) is 47.9 Å². The Hall–Kier alpha value is -2.66. The van der Waals surface area contributed by atoms with E-state index in [-0.39, 0.29) is 17.8 Å². The Balaban J connectivity index is 1.56. The zero-order valence-electron chi connectivity index (χ0n) is 21.2. The van der Waals surface area contributed by atoms with Crippen molar-refractivity contribution in [2.24, 2.45) is 11.8 Å². The van der Waals surface area contributed by atoms with E-state index in [1.54, 1.807) is 0 Å². The minimum Gasteiger partial charge on any atom is -0.465 e. The van der Waals surface area contributed by atoms with Gasteiger partial charge in [-0.1, -0.05) is 80.1 Å². The Morgan fingerprint density at radius 3 is 2.57 bits per heavy atom. The molecule has 5 heteroatoms. The van der Waals surface area contributed by atoms with Crippen molar-refractivity contribution in [2.75, 3.05) is 11.9 Å². The molecule has 1 amide bonds. The average Bonchev–Trinajstić information content (AvgIpc) is 2.99. The highest BCUT2D eigenvalue weighted by molar-refractivity contribution is 5.97. The molecule has 4 rings (SSSR count). The van der Waals surface area contributed by atoms with Gasteiger partial charge in [0.05, 0.1) is 12.6 Å². The van der Waals surface area contributed by atoms with Gasteiger partial charge in [-0.15, -0.1) is 0 Å². The molecule has 1 aliphatic carbocycles. The lowest BCUT2D eigenvalue weighted by atomic mass is 9.84. The number of carbonyl (C=O) groups is 2. The number of benzene rings is 2. The van der Waals surface area contributed by atoms with Crippen LogP contribution >= 0.6 is 0 Å². The predicted molar refractivity (Wildman–Crippen MR) is 140 cm³/mol. The van der Waals surface area contributed by atoms with Crippen LogP contribution in [-0.4, -0.2) is 30.6 Å². The maximum absolute atomic E-state index is 13.5. The van der Waals surface area contributed by atoms with Gasteiger partial charge in [0.25, 0.3) is 0 Å². The topological polar surface area (TPSA) is 67.4 Å². The molecule has 2 aliphatic rings. The van der Waals surface area contributed by atoms with Crippen LogP contribution in [0.15, 0.2) is 48.5 Å². The van der Waals surface area contributed by atoms with Crippen LogP contribution in [0.2, 0.25) is 0 Å². The molecule has 35 heavy (non-hydrogen) atoms. The zero-order chi connectivity index (χ0) is 24.6. The first kappa shape index (κ1) is 25.4. The molecule has 1 aliphatic heterocycles. The number of nitrogens with one attached hydrogen (secondary N) is 2. The Kier molecular flexibility index (Phi) is 8.97. The highest BCUT2D eigenvalue weighted by atomic mass is 16.5. The van der Waals surface area contributed by atoms with E-state index < -0.39 is 12.1 Å². The maximum Gasteiger partial charge on any atom is 0.323 e. The molecular formula is C30H40N2O3. The van der Waals surface area contributed by atoms with Crippen molar-refractivity contribution >= 4 is 17.6 Å². The van der Waals surface area contributed by atoms with E-state index >= 15 is 0 Å². The summed E-state index contributed by atoms with van der Waals surface area (Å²) in [6.07, 6.45) is 9.59. The van der Waals surface area contributed by atoms with Crippen LogP contribution < -0.4 is 10.6 Å². The summed E-state index contributed by atoms with van der Waals surface area (Å²) in [4.78, 5) is 26.5. The van der Waals surface area contributed by atoms with E-state index in [4.69, 9.17) is 4.74 Å². The van der Waals surface area contributed by atoms with Crippen molar-refractivity contribution in [3.8, 4) is 0 Å². The summed E-state index contributed by atoms with van der Waals surface area (Å²) >= 11 is 0. The molecule has 0 bridgehead atoms. The van der Waals surface area contributed by atoms with Gasteiger partial charge in [0.15, 0.2) is 0 Å². The summed E-state index contributed by atoms with van der Waals surface area (Å²) in [6.45, 7) is 4.26. The van der Waals surface area contributed by atoms with E-state index in [0.29, 0.717) is 18.9 Å². The summed E-state index contributed by atoms with van der Waals surface area (Å²) in [6, 6.07) is 15.6. The second-order valence-electron chi connectivity index (χ2n) is 10.3. The molecule has 1 unspecified atom stereocenters. The fourth-order valence-corrected chi connectivity index (χ4v) is 5.68. The van der Waals surface area contributed by atoms with E-state index in [1.807, 2.05) is 25.1 Å². The number of fused-ring (bicyclic) bond motifs is 1. The quantitative estimate of drug-likeness (QED) is 0.463. The normalized spacial score (nSPS) is 21.5. The molecule has 0 radical (unpaired) electrons. The molecule has 1 heterocycles. The lowest BCUT2D eigenvalue weighted by Gasteiger charge is -2.30. The largest absolute Gasteiger partial charge is 0.465 e. The molecule has 2 aromatic rings. The molecule has 188 valence electrons. The van der Waals surface area contributed by atoms with Crippen LogP contribution in [0.1, 0.15) is 68.6 Å². The molecule has 1 fully saturated rings. The summed E-state index contributed by atoms with van der Waals surface area (Å²) in [5.74, 6) is 0.372. The van der Waals surface area contributed by atoms with E-state index in [0.717, 1.165) is 30.5 Å². The molecule has 5 nitrogen and oxygen atoms in total. The van der Waals surface area contributed by atoms with Crippen LogP contribution in [0, 0.1) is 18.8 Å². The number of amides is 1. The number of para-hydroxylation sites is 1. The number of aryl methyl sites for hydroxylation is 1. The Morgan fingerprint density at radius 1 is 1.09 bits per heavy atom. The second-order valence-corrected chi connectivity index (χ2v) is 10.3. The van der Waals surface area contributed by atoms with Gasteiger partial charge < -0.3 is 10.1 Å². The van der Waals surface area contributed by atoms with Crippen molar-refractivity contribution in [3.05, 3.63) is 65.2 Å². The van der Waals surface area contributed by atoms with Crippen molar-refractivity contribution < 1.29 is 14.3 Å². The van der Waals surface area contributed by atoms with Gasteiger partial charge in [-0.2, -0.15) is 0 Å². The molecule has 0 spiro atoms. The highest BCUT2D eigenvalue weighted by Gasteiger charge is 2.36. The Labute approximate surface area is 210 Å². The maximum atomic E-state index is 13.5. The molecule has 0 saturated heterocycles. The number of carbonyl (C=O) groups excluding carboxylic acids is 2. The first-order chi connectivity index (χ1) is 17.0. The van der Waals surface area contributed by atoms with Crippen molar-refractivity contribution in [1.82, 2.24) is 5.32 Å². The Morgan fingerprint density at radius 2 is 1.83 bits per heavy atom. The Bertz CT molecular complexity index is 981. The van der Waals surface area contributed by atoms with E-state index in [1.165, 1.54) is 43.2 Å². The van der Waals surface area contributed by atoms with Crippen LogP contribution in [0.5, 0.6) is 0 Å². The number of ether oxygens (including phenoxy) is 1. The zero-order valence-corrected chi connectivity index (χ0v) is 21.2. The SMILES string of the molecule is CCOC(=O)[C@H](CCC1CCCCC1)N[C@H]1C(=O)Nc2ccccc2CC1Cc1ccc(C)cc1. The average molecular weight is 477 g/mol. The molecule has 1 saturated carbocycles. The van der Waals surface area contributed by atoms with Gasteiger partial charge in [-0.3, -0.25) is 14.9 Å².